The third kappa shape index (κ3) is 5.58. The molecular formula is C18H21ClFNO2S. The minimum absolute atomic E-state index is 0.0463. The van der Waals surface area contributed by atoms with Crippen LogP contribution < -0.4 is 0 Å². The van der Waals surface area contributed by atoms with Crippen molar-refractivity contribution in [1.29, 1.82) is 0 Å². The summed E-state index contributed by atoms with van der Waals surface area (Å²) in [5.41, 5.74) is 1.10. The van der Waals surface area contributed by atoms with Crippen LogP contribution in [0.5, 0.6) is 0 Å². The third-order valence-corrected chi connectivity index (χ3v) is 5.85. The third-order valence-electron chi connectivity index (χ3n) is 3.80. The Morgan fingerprint density at radius 2 is 1.83 bits per heavy atom. The summed E-state index contributed by atoms with van der Waals surface area (Å²) in [4.78, 5) is 2.34. The van der Waals surface area contributed by atoms with Gasteiger partial charge < -0.3 is 0 Å². The standard InChI is InChI=1S/C18H21ClFNO2S/c1-2-21(14-15-5-3-6-16(19)13-15)11-4-12-24(22,23)18-9-7-17(20)8-10-18/h3,5-10,13H,2,4,11-12,14H2,1H3. The Morgan fingerprint density at radius 1 is 1.12 bits per heavy atom. The molecule has 0 unspecified atom stereocenters. The average Bonchev–Trinajstić information content (AvgIpc) is 2.54. The first-order valence-electron chi connectivity index (χ1n) is 7.86. The number of hydrogen-bond acceptors (Lipinski definition) is 3. The van der Waals surface area contributed by atoms with E-state index in [0.717, 1.165) is 18.7 Å². The lowest BCUT2D eigenvalue weighted by Crippen LogP contribution is -2.25. The molecule has 2 aromatic carbocycles. The number of nitrogens with zero attached hydrogens (tertiary/aromatic N) is 1. The molecule has 0 spiro atoms. The van der Waals surface area contributed by atoms with Gasteiger partial charge in [0.25, 0.3) is 0 Å². The molecule has 0 saturated carbocycles. The van der Waals surface area contributed by atoms with Gasteiger partial charge in [-0.05, 0) is 61.5 Å². The molecule has 0 N–H and O–H groups in total. The second-order valence-electron chi connectivity index (χ2n) is 5.63. The number of sulfone groups is 1. The van der Waals surface area contributed by atoms with Crippen LogP contribution in [0.2, 0.25) is 5.02 Å². The van der Waals surface area contributed by atoms with Crippen LogP contribution in [0.1, 0.15) is 18.9 Å². The number of benzene rings is 2. The van der Waals surface area contributed by atoms with Gasteiger partial charge in [-0.2, -0.15) is 0 Å². The Balaban J connectivity index is 1.90. The molecule has 0 saturated heterocycles. The Hall–Kier alpha value is -1.43. The molecular weight excluding hydrogens is 349 g/mol. The van der Waals surface area contributed by atoms with E-state index in [0.29, 0.717) is 18.0 Å². The normalized spacial score (nSPS) is 11.8. The lowest BCUT2D eigenvalue weighted by Gasteiger charge is -2.20. The summed E-state index contributed by atoms with van der Waals surface area (Å²) in [7, 11) is -3.37. The monoisotopic (exact) mass is 369 g/mol. The SMILES string of the molecule is CCN(CCCS(=O)(=O)c1ccc(F)cc1)Cc1cccc(Cl)c1. The molecule has 3 nitrogen and oxygen atoms in total. The Bertz CT molecular complexity index is 763. The van der Waals surface area contributed by atoms with E-state index in [1.165, 1.54) is 24.3 Å². The molecule has 0 aliphatic heterocycles. The Morgan fingerprint density at radius 3 is 2.46 bits per heavy atom. The molecule has 0 radical (unpaired) electrons. The van der Waals surface area contributed by atoms with Crippen molar-refractivity contribution in [2.45, 2.75) is 24.8 Å². The summed E-state index contributed by atoms with van der Waals surface area (Å²) >= 11 is 5.99. The van der Waals surface area contributed by atoms with Crippen molar-refractivity contribution in [3.05, 3.63) is 64.9 Å². The lowest BCUT2D eigenvalue weighted by molar-refractivity contribution is 0.281. The van der Waals surface area contributed by atoms with Crippen molar-refractivity contribution in [2.24, 2.45) is 0 Å². The topological polar surface area (TPSA) is 37.4 Å². The second-order valence-corrected chi connectivity index (χ2v) is 8.17. The molecule has 0 fully saturated rings. The molecule has 0 aliphatic rings. The van der Waals surface area contributed by atoms with Crippen LogP contribution in [-0.4, -0.2) is 32.2 Å². The summed E-state index contributed by atoms with van der Waals surface area (Å²) < 4.78 is 37.4. The quantitative estimate of drug-likeness (QED) is 0.655. The summed E-state index contributed by atoms with van der Waals surface area (Å²) in [6.07, 6.45) is 0.522. The molecule has 0 aliphatic carbocycles. The fraction of sp³-hybridized carbons (Fsp3) is 0.333. The number of rotatable bonds is 8. The maximum Gasteiger partial charge on any atom is 0.178 e. The van der Waals surface area contributed by atoms with Crippen LogP contribution in [0, 0.1) is 5.82 Å². The smallest absolute Gasteiger partial charge is 0.178 e. The van der Waals surface area contributed by atoms with E-state index in [1.54, 1.807) is 0 Å². The van der Waals surface area contributed by atoms with Gasteiger partial charge in [0, 0.05) is 11.6 Å². The van der Waals surface area contributed by atoms with Crippen LogP contribution in [0.4, 0.5) is 4.39 Å². The van der Waals surface area contributed by atoms with Gasteiger partial charge in [0.2, 0.25) is 0 Å². The van der Waals surface area contributed by atoms with E-state index in [4.69, 9.17) is 11.6 Å². The molecule has 0 atom stereocenters. The minimum atomic E-state index is -3.37. The Kier molecular flexibility index (Phi) is 6.78. The van der Waals surface area contributed by atoms with Crippen LogP contribution >= 0.6 is 11.6 Å². The lowest BCUT2D eigenvalue weighted by atomic mass is 10.2. The van der Waals surface area contributed by atoms with Crippen LogP contribution in [0.25, 0.3) is 0 Å². The summed E-state index contributed by atoms with van der Waals surface area (Å²) in [6.45, 7) is 4.26. The van der Waals surface area contributed by atoms with Crippen molar-refractivity contribution in [2.75, 3.05) is 18.8 Å². The van der Waals surface area contributed by atoms with Gasteiger partial charge in [0.05, 0.1) is 10.6 Å². The fourth-order valence-corrected chi connectivity index (χ4v) is 3.99. The highest BCUT2D eigenvalue weighted by Gasteiger charge is 2.15. The van der Waals surface area contributed by atoms with Gasteiger partial charge in [0.15, 0.2) is 9.84 Å². The zero-order chi connectivity index (χ0) is 17.6. The van der Waals surface area contributed by atoms with Crippen LogP contribution in [0.3, 0.4) is 0 Å². The van der Waals surface area contributed by atoms with Gasteiger partial charge >= 0.3 is 0 Å². The van der Waals surface area contributed by atoms with Gasteiger partial charge in [-0.1, -0.05) is 30.7 Å². The number of hydrogen-bond donors (Lipinski definition) is 0. The van der Waals surface area contributed by atoms with E-state index >= 15 is 0 Å². The van der Waals surface area contributed by atoms with E-state index < -0.39 is 15.7 Å². The van der Waals surface area contributed by atoms with E-state index in [9.17, 15) is 12.8 Å². The molecule has 24 heavy (non-hydrogen) atoms. The van der Waals surface area contributed by atoms with Gasteiger partial charge in [-0.15, -0.1) is 0 Å². The maximum absolute atomic E-state index is 12.9. The molecule has 0 amide bonds. The van der Waals surface area contributed by atoms with E-state index in [-0.39, 0.29) is 10.6 Å². The predicted molar refractivity (Wildman–Crippen MR) is 95.5 cm³/mol. The largest absolute Gasteiger partial charge is 0.299 e. The highest BCUT2D eigenvalue weighted by Crippen LogP contribution is 2.15. The summed E-state index contributed by atoms with van der Waals surface area (Å²) in [5, 5.41) is 0.697. The zero-order valence-corrected chi connectivity index (χ0v) is 15.2. The molecule has 2 rings (SSSR count). The van der Waals surface area contributed by atoms with Gasteiger partial charge in [0.1, 0.15) is 5.82 Å². The molecule has 130 valence electrons. The molecule has 2 aromatic rings. The first-order chi connectivity index (χ1) is 11.4. The maximum atomic E-state index is 12.9. The van der Waals surface area contributed by atoms with Gasteiger partial charge in [-0.3, -0.25) is 4.90 Å². The fourth-order valence-electron chi connectivity index (χ4n) is 2.48. The minimum Gasteiger partial charge on any atom is -0.299 e. The molecule has 0 aromatic heterocycles. The highest BCUT2D eigenvalue weighted by atomic mass is 35.5. The first kappa shape index (κ1) is 18.9. The average molecular weight is 370 g/mol. The zero-order valence-electron chi connectivity index (χ0n) is 13.6. The van der Waals surface area contributed by atoms with Crippen molar-refractivity contribution < 1.29 is 12.8 Å². The van der Waals surface area contributed by atoms with Crippen molar-refractivity contribution >= 4 is 21.4 Å². The Labute approximate surface area is 148 Å². The van der Waals surface area contributed by atoms with Crippen LogP contribution in [-0.2, 0) is 16.4 Å². The summed E-state index contributed by atoms with van der Waals surface area (Å²) in [5.74, 6) is -0.391. The molecule has 0 heterocycles. The number of halogens is 2. The highest BCUT2D eigenvalue weighted by molar-refractivity contribution is 7.91. The summed E-state index contributed by atoms with van der Waals surface area (Å²) in [6, 6.07) is 12.6. The second kappa shape index (κ2) is 8.60. The van der Waals surface area contributed by atoms with Crippen LogP contribution in [0.15, 0.2) is 53.4 Å². The predicted octanol–water partition coefficient (Wildman–Crippen LogP) is 4.17. The molecule has 6 heteroatoms. The van der Waals surface area contributed by atoms with Gasteiger partial charge in [-0.25, -0.2) is 12.8 Å². The molecule has 0 bridgehead atoms. The van der Waals surface area contributed by atoms with Crippen molar-refractivity contribution in [3.63, 3.8) is 0 Å². The van der Waals surface area contributed by atoms with Crippen molar-refractivity contribution in [1.82, 2.24) is 4.90 Å². The first-order valence-corrected chi connectivity index (χ1v) is 9.89. The van der Waals surface area contributed by atoms with E-state index in [2.05, 4.69) is 4.90 Å². The van der Waals surface area contributed by atoms with E-state index in [1.807, 2.05) is 31.2 Å². The van der Waals surface area contributed by atoms with Crippen molar-refractivity contribution in [3.8, 4) is 0 Å².